The van der Waals surface area contributed by atoms with E-state index >= 15 is 0 Å². The summed E-state index contributed by atoms with van der Waals surface area (Å²) >= 11 is 0. The fraction of sp³-hybridized carbons (Fsp3) is 0.500. The fourth-order valence-electron chi connectivity index (χ4n) is 2.08. The first-order valence-electron chi connectivity index (χ1n) is 5.47. The quantitative estimate of drug-likeness (QED) is 0.735. The Balaban J connectivity index is 2.15. The van der Waals surface area contributed by atoms with Crippen molar-refractivity contribution >= 4 is 13.2 Å². The van der Waals surface area contributed by atoms with Crippen LogP contribution in [0.15, 0.2) is 30.3 Å². The molecule has 1 nitrogen and oxygen atoms in total. The van der Waals surface area contributed by atoms with Gasteiger partial charge in [-0.25, -0.2) is 0 Å². The molecule has 14 heavy (non-hydrogen) atoms. The molecule has 1 aliphatic rings. The van der Waals surface area contributed by atoms with Crippen molar-refractivity contribution in [3.8, 4) is 0 Å². The Hall–Kier alpha value is -0.390. The zero-order valence-corrected chi connectivity index (χ0v) is 9.63. The van der Waals surface area contributed by atoms with E-state index in [-0.39, 0.29) is 7.92 Å². The monoisotopic (exact) mass is 207 g/mol. The highest BCUT2D eigenvalue weighted by Crippen LogP contribution is 2.42. The number of benzene rings is 1. The highest BCUT2D eigenvalue weighted by molar-refractivity contribution is 7.66. The van der Waals surface area contributed by atoms with Gasteiger partial charge >= 0.3 is 0 Å². The standard InChI is InChI=1S/C12H18NP/c1-2-12-13-9-6-10-14(12)11-7-4-3-5-8-11/h3-5,7-8,12-13H,2,6,9-10H2,1H3. The highest BCUT2D eigenvalue weighted by atomic mass is 31.1. The predicted octanol–water partition coefficient (Wildman–Crippen LogP) is 2.52. The zero-order chi connectivity index (χ0) is 9.80. The van der Waals surface area contributed by atoms with Crippen LogP contribution in [0.1, 0.15) is 19.8 Å². The molecule has 2 heteroatoms. The molecular weight excluding hydrogens is 189 g/mol. The lowest BCUT2D eigenvalue weighted by Crippen LogP contribution is -2.36. The van der Waals surface area contributed by atoms with Crippen molar-refractivity contribution in [1.82, 2.24) is 5.32 Å². The predicted molar refractivity (Wildman–Crippen MR) is 64.6 cm³/mol. The Morgan fingerprint density at radius 3 is 2.86 bits per heavy atom. The summed E-state index contributed by atoms with van der Waals surface area (Å²) in [4.78, 5) is 0. The molecule has 0 spiro atoms. The minimum Gasteiger partial charge on any atom is -0.310 e. The van der Waals surface area contributed by atoms with Crippen LogP contribution in [-0.4, -0.2) is 18.5 Å². The van der Waals surface area contributed by atoms with Crippen molar-refractivity contribution in [1.29, 1.82) is 0 Å². The molecule has 0 aliphatic carbocycles. The molecule has 2 atom stereocenters. The van der Waals surface area contributed by atoms with Crippen LogP contribution in [0.4, 0.5) is 0 Å². The summed E-state index contributed by atoms with van der Waals surface area (Å²) in [5.74, 6) is 0.751. The third kappa shape index (κ3) is 2.16. The summed E-state index contributed by atoms with van der Waals surface area (Å²) in [6, 6.07) is 11.0. The first kappa shape index (κ1) is 10.1. The molecule has 1 aliphatic heterocycles. The van der Waals surface area contributed by atoms with Crippen LogP contribution < -0.4 is 10.6 Å². The van der Waals surface area contributed by atoms with Gasteiger partial charge in [0.1, 0.15) is 0 Å². The Kier molecular flexibility index (Phi) is 3.55. The van der Waals surface area contributed by atoms with E-state index < -0.39 is 0 Å². The van der Waals surface area contributed by atoms with E-state index in [1.165, 1.54) is 25.5 Å². The van der Waals surface area contributed by atoms with Gasteiger partial charge in [-0.05, 0) is 30.9 Å². The number of hydrogen-bond donors (Lipinski definition) is 1. The van der Waals surface area contributed by atoms with Gasteiger partial charge < -0.3 is 5.32 Å². The van der Waals surface area contributed by atoms with Gasteiger partial charge in [0.05, 0.1) is 0 Å². The van der Waals surface area contributed by atoms with E-state index in [0.29, 0.717) is 0 Å². The van der Waals surface area contributed by atoms with Crippen molar-refractivity contribution < 1.29 is 0 Å². The van der Waals surface area contributed by atoms with Gasteiger partial charge in [0.2, 0.25) is 0 Å². The SMILES string of the molecule is CCC1NCCCP1c1ccccc1. The second kappa shape index (κ2) is 4.91. The van der Waals surface area contributed by atoms with E-state index in [1.807, 2.05) is 0 Å². The molecule has 1 aromatic carbocycles. The lowest BCUT2D eigenvalue weighted by molar-refractivity contribution is 0.596. The van der Waals surface area contributed by atoms with Gasteiger partial charge in [0, 0.05) is 5.78 Å². The van der Waals surface area contributed by atoms with E-state index in [0.717, 1.165) is 5.78 Å². The van der Waals surface area contributed by atoms with E-state index in [1.54, 1.807) is 5.30 Å². The van der Waals surface area contributed by atoms with Crippen LogP contribution in [0.5, 0.6) is 0 Å². The lowest BCUT2D eigenvalue weighted by atomic mass is 10.4. The fourth-order valence-corrected chi connectivity index (χ4v) is 4.85. The first-order chi connectivity index (χ1) is 6.92. The maximum Gasteiger partial charge on any atom is 0.0307 e. The normalized spacial score (nSPS) is 27.5. The summed E-state index contributed by atoms with van der Waals surface area (Å²) < 4.78 is 0. The molecule has 0 amide bonds. The Morgan fingerprint density at radius 1 is 1.36 bits per heavy atom. The van der Waals surface area contributed by atoms with Crippen LogP contribution in [0.25, 0.3) is 0 Å². The van der Waals surface area contributed by atoms with E-state index in [2.05, 4.69) is 42.6 Å². The topological polar surface area (TPSA) is 12.0 Å². The van der Waals surface area contributed by atoms with Gasteiger partial charge in [0.25, 0.3) is 0 Å². The van der Waals surface area contributed by atoms with Gasteiger partial charge in [-0.15, -0.1) is 0 Å². The third-order valence-electron chi connectivity index (χ3n) is 2.81. The van der Waals surface area contributed by atoms with Crippen molar-refractivity contribution in [3.05, 3.63) is 30.3 Å². The summed E-state index contributed by atoms with van der Waals surface area (Å²) in [6.45, 7) is 3.51. The number of rotatable bonds is 2. The summed E-state index contributed by atoms with van der Waals surface area (Å²) in [5.41, 5.74) is 0. The van der Waals surface area contributed by atoms with Crippen molar-refractivity contribution in [3.63, 3.8) is 0 Å². The molecule has 2 rings (SSSR count). The van der Waals surface area contributed by atoms with Gasteiger partial charge in [-0.2, -0.15) is 0 Å². The number of hydrogen-bond acceptors (Lipinski definition) is 1. The van der Waals surface area contributed by atoms with Crippen molar-refractivity contribution in [2.75, 3.05) is 12.7 Å². The van der Waals surface area contributed by atoms with E-state index in [4.69, 9.17) is 0 Å². The largest absolute Gasteiger partial charge is 0.310 e. The molecule has 1 fully saturated rings. The second-order valence-electron chi connectivity index (χ2n) is 3.76. The minimum absolute atomic E-state index is 0.0585. The molecule has 76 valence electrons. The maximum absolute atomic E-state index is 3.65. The van der Waals surface area contributed by atoms with Crippen LogP contribution in [0.2, 0.25) is 0 Å². The molecule has 2 unspecified atom stereocenters. The summed E-state index contributed by atoms with van der Waals surface area (Å²) in [5, 5.41) is 5.22. The molecule has 1 N–H and O–H groups in total. The summed E-state index contributed by atoms with van der Waals surface area (Å²) in [7, 11) is 0.0585. The molecule has 0 bridgehead atoms. The first-order valence-corrected chi connectivity index (χ1v) is 7.06. The smallest absolute Gasteiger partial charge is 0.0307 e. The van der Waals surface area contributed by atoms with Crippen molar-refractivity contribution in [2.24, 2.45) is 0 Å². The van der Waals surface area contributed by atoms with Gasteiger partial charge in [-0.3, -0.25) is 0 Å². The van der Waals surface area contributed by atoms with Crippen LogP contribution >= 0.6 is 7.92 Å². The van der Waals surface area contributed by atoms with E-state index in [9.17, 15) is 0 Å². The molecular formula is C12H18NP. The average molecular weight is 207 g/mol. The van der Waals surface area contributed by atoms with Crippen LogP contribution in [0.3, 0.4) is 0 Å². The van der Waals surface area contributed by atoms with Gasteiger partial charge in [-0.1, -0.05) is 45.2 Å². The summed E-state index contributed by atoms with van der Waals surface area (Å²) in [6.07, 6.45) is 4.02. The number of nitrogens with one attached hydrogen (secondary N) is 1. The average Bonchev–Trinajstić information content (AvgIpc) is 2.30. The minimum atomic E-state index is 0.0585. The van der Waals surface area contributed by atoms with Crippen LogP contribution in [0, 0.1) is 0 Å². The lowest BCUT2D eigenvalue weighted by Gasteiger charge is -2.32. The molecule has 0 aromatic heterocycles. The molecule has 1 aromatic rings. The Bertz CT molecular complexity index is 273. The Labute approximate surface area is 87.7 Å². The van der Waals surface area contributed by atoms with Crippen LogP contribution in [-0.2, 0) is 0 Å². The molecule has 1 saturated heterocycles. The second-order valence-corrected chi connectivity index (χ2v) is 6.29. The Morgan fingerprint density at radius 2 is 2.14 bits per heavy atom. The zero-order valence-electron chi connectivity index (χ0n) is 8.74. The molecule has 0 radical (unpaired) electrons. The third-order valence-corrected chi connectivity index (χ3v) is 5.87. The maximum atomic E-state index is 3.65. The molecule has 1 heterocycles. The molecule has 0 saturated carbocycles. The van der Waals surface area contributed by atoms with Crippen molar-refractivity contribution in [2.45, 2.75) is 25.5 Å². The van der Waals surface area contributed by atoms with Gasteiger partial charge in [0.15, 0.2) is 0 Å². The highest BCUT2D eigenvalue weighted by Gasteiger charge is 2.23.